The third-order valence-electron chi connectivity index (χ3n) is 5.24. The lowest BCUT2D eigenvalue weighted by Gasteiger charge is -2.25. The number of hydrogen-bond acceptors (Lipinski definition) is 4. The van der Waals surface area contributed by atoms with E-state index in [2.05, 4.69) is 21.2 Å². The van der Waals surface area contributed by atoms with Crippen LogP contribution in [0.4, 0.5) is 5.69 Å². The number of sulfonamides is 1. The third kappa shape index (κ3) is 7.08. The molecule has 0 saturated carbocycles. The molecule has 8 heteroatoms. The first-order valence-electron chi connectivity index (χ1n) is 11.1. The average Bonchev–Trinajstić information content (AvgIpc) is 2.83. The number of amides is 1. The Hall–Kier alpha value is -2.84. The fraction of sp³-hybridized carbons (Fsp3) is 0.269. The SMILES string of the molecule is CCOc1ccc(N(CC(=O)N[C@@H](C)CCc2ccccc2)S(=O)(=O)c2ccc(Br)cc2)cc1. The second-order valence-electron chi connectivity index (χ2n) is 7.89. The van der Waals surface area contributed by atoms with Crippen LogP contribution in [0.2, 0.25) is 0 Å². The molecule has 0 spiro atoms. The van der Waals surface area contributed by atoms with E-state index in [1.165, 1.54) is 17.7 Å². The van der Waals surface area contributed by atoms with E-state index in [1.54, 1.807) is 36.4 Å². The highest BCUT2D eigenvalue weighted by molar-refractivity contribution is 9.10. The summed E-state index contributed by atoms with van der Waals surface area (Å²) in [5, 5.41) is 2.94. The fourth-order valence-electron chi connectivity index (χ4n) is 3.48. The second kappa shape index (κ2) is 12.0. The summed E-state index contributed by atoms with van der Waals surface area (Å²) in [4.78, 5) is 13.0. The topological polar surface area (TPSA) is 75.7 Å². The smallest absolute Gasteiger partial charge is 0.264 e. The van der Waals surface area contributed by atoms with Crippen LogP contribution in [-0.4, -0.2) is 33.5 Å². The number of hydrogen-bond donors (Lipinski definition) is 1. The maximum Gasteiger partial charge on any atom is 0.264 e. The molecule has 0 unspecified atom stereocenters. The van der Waals surface area contributed by atoms with Crippen LogP contribution < -0.4 is 14.4 Å². The lowest BCUT2D eigenvalue weighted by molar-refractivity contribution is -0.120. The largest absolute Gasteiger partial charge is 0.494 e. The summed E-state index contributed by atoms with van der Waals surface area (Å²) in [6, 6.07) is 23.0. The summed E-state index contributed by atoms with van der Waals surface area (Å²) in [7, 11) is -3.97. The molecule has 1 N–H and O–H groups in total. The van der Waals surface area contributed by atoms with Gasteiger partial charge in [-0.25, -0.2) is 8.42 Å². The van der Waals surface area contributed by atoms with E-state index in [0.29, 0.717) is 18.0 Å². The molecular weight excluding hydrogens is 516 g/mol. The van der Waals surface area contributed by atoms with Gasteiger partial charge in [-0.3, -0.25) is 9.10 Å². The van der Waals surface area contributed by atoms with Crippen molar-refractivity contribution in [3.63, 3.8) is 0 Å². The normalized spacial score (nSPS) is 12.1. The first kappa shape index (κ1) is 25.8. The van der Waals surface area contributed by atoms with Gasteiger partial charge in [-0.05, 0) is 80.8 Å². The van der Waals surface area contributed by atoms with Gasteiger partial charge in [-0.1, -0.05) is 46.3 Å². The van der Waals surface area contributed by atoms with Gasteiger partial charge < -0.3 is 10.1 Å². The summed E-state index contributed by atoms with van der Waals surface area (Å²) in [6.07, 6.45) is 1.57. The van der Waals surface area contributed by atoms with Gasteiger partial charge in [0.2, 0.25) is 5.91 Å². The number of nitrogens with zero attached hydrogens (tertiary/aromatic N) is 1. The minimum atomic E-state index is -3.97. The number of aryl methyl sites for hydroxylation is 1. The second-order valence-corrected chi connectivity index (χ2v) is 10.7. The molecule has 0 heterocycles. The maximum absolute atomic E-state index is 13.5. The molecule has 1 atom stereocenters. The number of carbonyl (C=O) groups excluding carboxylic acids is 1. The maximum atomic E-state index is 13.5. The zero-order chi connectivity index (χ0) is 24.6. The van der Waals surface area contributed by atoms with E-state index in [9.17, 15) is 13.2 Å². The Balaban J connectivity index is 1.77. The highest BCUT2D eigenvalue weighted by atomic mass is 79.9. The molecule has 0 aliphatic heterocycles. The standard InChI is InChI=1S/C26H29BrN2O4S/c1-3-33-24-15-13-23(14-16-24)29(34(31,32)25-17-11-22(27)12-18-25)19-26(30)28-20(2)9-10-21-7-5-4-6-8-21/h4-8,11-18,20H,3,9-10,19H2,1-2H3,(H,28,30)/t20-/m0/s1. The van der Waals surface area contributed by atoms with Crippen molar-refractivity contribution in [2.24, 2.45) is 0 Å². The van der Waals surface area contributed by atoms with Crippen molar-refractivity contribution < 1.29 is 17.9 Å². The summed E-state index contributed by atoms with van der Waals surface area (Å²) >= 11 is 3.33. The molecule has 0 radical (unpaired) electrons. The molecule has 0 bridgehead atoms. The number of carbonyl (C=O) groups is 1. The van der Waals surface area contributed by atoms with Crippen LogP contribution in [0.25, 0.3) is 0 Å². The minimum Gasteiger partial charge on any atom is -0.494 e. The first-order valence-corrected chi connectivity index (χ1v) is 13.4. The molecule has 6 nitrogen and oxygen atoms in total. The van der Waals surface area contributed by atoms with Crippen molar-refractivity contribution in [1.29, 1.82) is 0 Å². The Morgan fingerprint density at radius 2 is 1.65 bits per heavy atom. The van der Waals surface area contributed by atoms with Gasteiger partial charge >= 0.3 is 0 Å². The zero-order valence-electron chi connectivity index (χ0n) is 19.3. The summed E-state index contributed by atoms with van der Waals surface area (Å²) in [5.41, 5.74) is 1.58. The number of rotatable bonds is 11. The highest BCUT2D eigenvalue weighted by Gasteiger charge is 2.27. The molecule has 0 aromatic heterocycles. The van der Waals surface area contributed by atoms with Gasteiger partial charge in [0.1, 0.15) is 12.3 Å². The molecule has 34 heavy (non-hydrogen) atoms. The van der Waals surface area contributed by atoms with Crippen molar-refractivity contribution in [2.75, 3.05) is 17.5 Å². The van der Waals surface area contributed by atoms with Gasteiger partial charge in [-0.15, -0.1) is 0 Å². The Bertz CT molecular complexity index is 1170. The van der Waals surface area contributed by atoms with Crippen molar-refractivity contribution in [1.82, 2.24) is 5.32 Å². The Morgan fingerprint density at radius 3 is 2.26 bits per heavy atom. The first-order chi connectivity index (χ1) is 16.3. The van der Waals surface area contributed by atoms with Gasteiger partial charge in [-0.2, -0.15) is 0 Å². The van der Waals surface area contributed by atoms with Crippen LogP contribution >= 0.6 is 15.9 Å². The fourth-order valence-corrected chi connectivity index (χ4v) is 5.16. The van der Waals surface area contributed by atoms with E-state index in [1.807, 2.05) is 44.2 Å². The van der Waals surface area contributed by atoms with Gasteiger partial charge in [0.25, 0.3) is 10.0 Å². The molecule has 3 aromatic carbocycles. The minimum absolute atomic E-state index is 0.106. The van der Waals surface area contributed by atoms with Crippen LogP contribution in [0.5, 0.6) is 5.75 Å². The van der Waals surface area contributed by atoms with Crippen molar-refractivity contribution >= 4 is 37.5 Å². The van der Waals surface area contributed by atoms with Crippen LogP contribution in [0, 0.1) is 0 Å². The van der Waals surface area contributed by atoms with Crippen molar-refractivity contribution in [3.8, 4) is 5.75 Å². The lowest BCUT2D eigenvalue weighted by Crippen LogP contribution is -2.43. The van der Waals surface area contributed by atoms with E-state index in [-0.39, 0.29) is 23.4 Å². The zero-order valence-corrected chi connectivity index (χ0v) is 21.7. The Kier molecular flexibility index (Phi) is 9.12. The number of anilines is 1. The quantitative estimate of drug-likeness (QED) is 0.360. The molecule has 3 aromatic rings. The molecule has 180 valence electrons. The average molecular weight is 545 g/mol. The monoisotopic (exact) mass is 544 g/mol. The summed E-state index contributed by atoms with van der Waals surface area (Å²) < 4.78 is 34.3. The van der Waals surface area contributed by atoms with Crippen molar-refractivity contribution in [2.45, 2.75) is 37.6 Å². The van der Waals surface area contributed by atoms with Crippen molar-refractivity contribution in [3.05, 3.63) is 88.9 Å². The lowest BCUT2D eigenvalue weighted by atomic mass is 10.1. The van der Waals surface area contributed by atoms with Crippen LogP contribution in [-0.2, 0) is 21.2 Å². The predicted molar refractivity (Wildman–Crippen MR) is 139 cm³/mol. The number of nitrogens with one attached hydrogen (secondary N) is 1. The number of ether oxygens (including phenoxy) is 1. The molecule has 1 amide bonds. The van der Waals surface area contributed by atoms with Gasteiger partial charge in [0, 0.05) is 10.5 Å². The van der Waals surface area contributed by atoms with Gasteiger partial charge in [0.15, 0.2) is 0 Å². The van der Waals surface area contributed by atoms with E-state index >= 15 is 0 Å². The predicted octanol–water partition coefficient (Wildman–Crippen LogP) is 5.18. The van der Waals surface area contributed by atoms with E-state index in [4.69, 9.17) is 4.74 Å². The number of halogens is 1. The Morgan fingerprint density at radius 1 is 1.00 bits per heavy atom. The molecule has 3 rings (SSSR count). The van der Waals surface area contributed by atoms with E-state index < -0.39 is 10.0 Å². The molecule has 0 saturated heterocycles. The highest BCUT2D eigenvalue weighted by Crippen LogP contribution is 2.26. The summed E-state index contributed by atoms with van der Waals surface area (Å²) in [5.74, 6) is 0.265. The molecule has 0 fully saturated rings. The van der Waals surface area contributed by atoms with Crippen LogP contribution in [0.1, 0.15) is 25.8 Å². The van der Waals surface area contributed by atoms with Crippen LogP contribution in [0.15, 0.2) is 88.2 Å². The summed E-state index contributed by atoms with van der Waals surface area (Å²) in [6.45, 7) is 3.97. The Labute approximate surface area is 210 Å². The third-order valence-corrected chi connectivity index (χ3v) is 7.56. The van der Waals surface area contributed by atoms with Crippen LogP contribution in [0.3, 0.4) is 0 Å². The molecular formula is C26H29BrN2O4S. The molecule has 0 aliphatic rings. The van der Waals surface area contributed by atoms with Gasteiger partial charge in [0.05, 0.1) is 17.2 Å². The number of benzene rings is 3. The van der Waals surface area contributed by atoms with E-state index in [0.717, 1.165) is 21.6 Å². The molecule has 0 aliphatic carbocycles.